The molecule has 0 bridgehead atoms. The lowest BCUT2D eigenvalue weighted by Crippen LogP contribution is -2.52. The van der Waals surface area contributed by atoms with Crippen LogP contribution in [0.4, 0.5) is 5.69 Å². The highest BCUT2D eigenvalue weighted by molar-refractivity contribution is 7.12. The molecular weight excluding hydrogens is 502 g/mol. The fraction of sp³-hybridized carbons (Fsp3) is 0.345. The molecule has 0 spiro atoms. The van der Waals surface area contributed by atoms with Gasteiger partial charge in [-0.15, -0.1) is 11.3 Å². The predicted molar refractivity (Wildman–Crippen MR) is 150 cm³/mol. The number of carbonyl (C=O) groups is 3. The van der Waals surface area contributed by atoms with Gasteiger partial charge in [0.1, 0.15) is 17.5 Å². The summed E-state index contributed by atoms with van der Waals surface area (Å²) in [6, 6.07) is 14.9. The summed E-state index contributed by atoms with van der Waals surface area (Å²) in [7, 11) is 3.02. The lowest BCUT2D eigenvalue weighted by Gasteiger charge is -2.35. The molecule has 0 aliphatic heterocycles. The summed E-state index contributed by atoms with van der Waals surface area (Å²) in [5, 5.41) is 7.57. The third-order valence-electron chi connectivity index (χ3n) is 6.31. The first-order valence-corrected chi connectivity index (χ1v) is 13.2. The summed E-state index contributed by atoms with van der Waals surface area (Å²) in [6.07, 6.45) is 0.691. The van der Waals surface area contributed by atoms with Crippen LogP contribution in [0.1, 0.15) is 54.0 Å². The summed E-state index contributed by atoms with van der Waals surface area (Å²) < 4.78 is 11.0. The zero-order valence-electron chi connectivity index (χ0n) is 22.7. The van der Waals surface area contributed by atoms with Crippen LogP contribution in [0, 0.1) is 6.92 Å². The average Bonchev–Trinajstić information content (AvgIpc) is 3.45. The van der Waals surface area contributed by atoms with Crippen LogP contribution in [-0.4, -0.2) is 44.0 Å². The highest BCUT2D eigenvalue weighted by Gasteiger charge is 2.36. The van der Waals surface area contributed by atoms with Crippen molar-refractivity contribution in [3.63, 3.8) is 0 Å². The quantitative estimate of drug-likeness (QED) is 0.363. The number of methoxy groups -OCH3 is 2. The van der Waals surface area contributed by atoms with Gasteiger partial charge in [0.2, 0.25) is 11.8 Å². The molecule has 9 heteroatoms. The van der Waals surface area contributed by atoms with E-state index in [0.717, 1.165) is 5.56 Å². The lowest BCUT2D eigenvalue weighted by atomic mass is 9.97. The number of aryl methyl sites for hydroxylation is 1. The number of hydrogen-bond acceptors (Lipinski definition) is 6. The van der Waals surface area contributed by atoms with Gasteiger partial charge in [-0.25, -0.2) is 0 Å². The number of ether oxygens (including phenoxy) is 2. The number of anilines is 1. The molecule has 0 aliphatic rings. The smallest absolute Gasteiger partial charge is 0.261 e. The zero-order valence-corrected chi connectivity index (χ0v) is 23.5. The van der Waals surface area contributed by atoms with Crippen LogP contribution >= 0.6 is 11.3 Å². The Morgan fingerprint density at radius 1 is 1.03 bits per heavy atom. The Bertz CT molecular complexity index is 1260. The lowest BCUT2D eigenvalue weighted by molar-refractivity contribution is -0.127. The maximum Gasteiger partial charge on any atom is 0.261 e. The van der Waals surface area contributed by atoms with Crippen LogP contribution in [0.25, 0.3) is 0 Å². The third kappa shape index (κ3) is 6.92. The van der Waals surface area contributed by atoms with Gasteiger partial charge in [0.15, 0.2) is 0 Å². The predicted octanol–water partition coefficient (Wildman–Crippen LogP) is 4.88. The van der Waals surface area contributed by atoms with Crippen LogP contribution in [0.2, 0.25) is 0 Å². The largest absolute Gasteiger partial charge is 0.497 e. The molecule has 0 saturated heterocycles. The Hall–Kier alpha value is -3.85. The van der Waals surface area contributed by atoms with E-state index in [4.69, 9.17) is 9.47 Å². The van der Waals surface area contributed by atoms with Gasteiger partial charge in [0, 0.05) is 11.6 Å². The third-order valence-corrected chi connectivity index (χ3v) is 7.17. The maximum atomic E-state index is 13.9. The maximum absolute atomic E-state index is 13.9. The molecule has 3 rings (SSSR count). The van der Waals surface area contributed by atoms with Crippen molar-refractivity contribution in [3.05, 3.63) is 76.0 Å². The van der Waals surface area contributed by atoms with Gasteiger partial charge in [-0.3, -0.25) is 19.3 Å². The van der Waals surface area contributed by atoms with Crippen molar-refractivity contribution in [2.24, 2.45) is 0 Å². The molecule has 1 unspecified atom stereocenters. The van der Waals surface area contributed by atoms with E-state index in [-0.39, 0.29) is 18.4 Å². The summed E-state index contributed by atoms with van der Waals surface area (Å²) >= 11 is 1.28. The second-order valence-corrected chi connectivity index (χ2v) is 10.4. The molecule has 202 valence electrons. The Labute approximate surface area is 228 Å². The summed E-state index contributed by atoms with van der Waals surface area (Å²) in [6.45, 7) is 7.47. The first kappa shape index (κ1) is 28.7. The highest BCUT2D eigenvalue weighted by atomic mass is 32.1. The minimum atomic E-state index is -1.03. The summed E-state index contributed by atoms with van der Waals surface area (Å²) in [5.74, 6) is -0.308. The van der Waals surface area contributed by atoms with E-state index in [1.807, 2.05) is 52.0 Å². The average molecular weight is 538 g/mol. The molecule has 0 radical (unpaired) electrons. The Morgan fingerprint density at radius 3 is 2.32 bits per heavy atom. The Kier molecular flexibility index (Phi) is 9.52. The monoisotopic (exact) mass is 537 g/mol. The molecule has 3 aromatic rings. The van der Waals surface area contributed by atoms with Crippen molar-refractivity contribution in [3.8, 4) is 11.5 Å². The molecule has 0 fully saturated rings. The highest BCUT2D eigenvalue weighted by Crippen LogP contribution is 2.37. The molecule has 3 amide bonds. The van der Waals surface area contributed by atoms with Crippen molar-refractivity contribution in [1.29, 1.82) is 0 Å². The van der Waals surface area contributed by atoms with E-state index in [2.05, 4.69) is 10.6 Å². The van der Waals surface area contributed by atoms with Crippen molar-refractivity contribution in [2.75, 3.05) is 25.7 Å². The number of carbonyl (C=O) groups excluding carboxylic acids is 3. The van der Waals surface area contributed by atoms with Gasteiger partial charge in [0.25, 0.3) is 5.91 Å². The van der Waals surface area contributed by atoms with Gasteiger partial charge in [0.05, 0.1) is 31.3 Å². The number of thiophene rings is 1. The molecule has 1 aromatic heterocycles. The van der Waals surface area contributed by atoms with Gasteiger partial charge in [-0.2, -0.15) is 0 Å². The zero-order chi connectivity index (χ0) is 27.9. The minimum absolute atomic E-state index is 0.321. The van der Waals surface area contributed by atoms with Gasteiger partial charge in [-0.1, -0.05) is 42.8 Å². The second-order valence-electron chi connectivity index (χ2n) is 9.50. The first-order valence-electron chi connectivity index (χ1n) is 12.3. The van der Waals surface area contributed by atoms with Crippen LogP contribution < -0.4 is 25.0 Å². The van der Waals surface area contributed by atoms with Crippen molar-refractivity contribution < 1.29 is 23.9 Å². The van der Waals surface area contributed by atoms with E-state index >= 15 is 0 Å². The van der Waals surface area contributed by atoms with E-state index in [0.29, 0.717) is 34.0 Å². The van der Waals surface area contributed by atoms with E-state index in [1.54, 1.807) is 35.7 Å². The Morgan fingerprint density at radius 2 is 1.74 bits per heavy atom. The number of rotatable bonds is 11. The first-order chi connectivity index (χ1) is 18.1. The van der Waals surface area contributed by atoms with Crippen molar-refractivity contribution >= 4 is 34.7 Å². The van der Waals surface area contributed by atoms with Crippen LogP contribution in [0.15, 0.2) is 60.0 Å². The molecule has 1 atom stereocenters. The SMILES string of the molecule is CCC(C)(C)NC(=O)C(c1ccc(C)cc1)N(C(=O)CNC(=O)c1cccs1)c1ccc(OC)cc1OC. The van der Waals surface area contributed by atoms with E-state index in [1.165, 1.54) is 30.5 Å². The fourth-order valence-corrected chi connectivity index (χ4v) is 4.43. The number of nitrogens with zero attached hydrogens (tertiary/aromatic N) is 1. The van der Waals surface area contributed by atoms with Gasteiger partial charge in [-0.05, 0) is 56.3 Å². The molecule has 0 saturated carbocycles. The number of hydrogen-bond donors (Lipinski definition) is 2. The van der Waals surface area contributed by atoms with E-state index < -0.39 is 17.5 Å². The summed E-state index contributed by atoms with van der Waals surface area (Å²) in [5.41, 5.74) is 1.51. The van der Waals surface area contributed by atoms with Crippen LogP contribution in [0.5, 0.6) is 11.5 Å². The van der Waals surface area contributed by atoms with E-state index in [9.17, 15) is 14.4 Å². The number of nitrogens with one attached hydrogen (secondary N) is 2. The topological polar surface area (TPSA) is 97.0 Å². The Balaban J connectivity index is 2.12. The van der Waals surface area contributed by atoms with Crippen molar-refractivity contribution in [2.45, 2.75) is 45.7 Å². The standard InChI is InChI=1S/C29H35N3O5S/c1-7-29(3,4)31-28(35)26(20-12-10-19(2)11-13-20)32(22-15-14-21(36-5)17-23(22)37-6)25(33)18-30-27(34)24-9-8-16-38-24/h8-17,26H,7,18H2,1-6H3,(H,30,34)(H,31,35). The second kappa shape index (κ2) is 12.6. The minimum Gasteiger partial charge on any atom is -0.497 e. The molecule has 0 aliphatic carbocycles. The number of amides is 3. The number of benzene rings is 2. The fourth-order valence-electron chi connectivity index (χ4n) is 3.79. The molecule has 2 aromatic carbocycles. The molecule has 2 N–H and O–H groups in total. The van der Waals surface area contributed by atoms with Crippen molar-refractivity contribution in [1.82, 2.24) is 10.6 Å². The van der Waals surface area contributed by atoms with Gasteiger partial charge < -0.3 is 20.1 Å². The van der Waals surface area contributed by atoms with Crippen LogP contribution in [0.3, 0.4) is 0 Å². The normalized spacial score (nSPS) is 11.8. The molecular formula is C29H35N3O5S. The van der Waals surface area contributed by atoms with Gasteiger partial charge >= 0.3 is 0 Å². The molecule has 1 heterocycles. The molecule has 8 nitrogen and oxygen atoms in total. The van der Waals surface area contributed by atoms with Crippen LogP contribution in [-0.2, 0) is 9.59 Å². The summed E-state index contributed by atoms with van der Waals surface area (Å²) in [4.78, 5) is 42.3. The molecule has 38 heavy (non-hydrogen) atoms.